The Hall–Kier alpha value is -3.95. The molecule has 1 atom stereocenters. The number of para-hydroxylation sites is 1. The van der Waals surface area contributed by atoms with Gasteiger partial charge in [-0.2, -0.15) is 0 Å². The number of amides is 3. The summed E-state index contributed by atoms with van der Waals surface area (Å²) in [6.07, 6.45) is 0.432. The summed E-state index contributed by atoms with van der Waals surface area (Å²) >= 11 is 0. The first-order chi connectivity index (χ1) is 17.3. The van der Waals surface area contributed by atoms with E-state index in [1.54, 1.807) is 11.0 Å². The molecule has 1 saturated heterocycles. The summed E-state index contributed by atoms with van der Waals surface area (Å²) in [7, 11) is 1.25. The van der Waals surface area contributed by atoms with Crippen LogP contribution in [0.2, 0.25) is 0 Å². The lowest BCUT2D eigenvalue weighted by Crippen LogP contribution is -2.50. The zero-order chi connectivity index (χ0) is 25.8. The largest absolute Gasteiger partial charge is 0.466 e. The number of esters is 1. The average Bonchev–Trinajstić information content (AvgIpc) is 3.04. The number of nitrogens with two attached hydrogens (primary N) is 2. The van der Waals surface area contributed by atoms with Crippen molar-refractivity contribution in [2.24, 2.45) is 0 Å². The van der Waals surface area contributed by atoms with E-state index in [1.807, 2.05) is 42.2 Å². The molecule has 0 aromatic heterocycles. The number of carbonyl (C=O) groups is 3. The Labute approximate surface area is 210 Å². The first-order valence-electron chi connectivity index (χ1n) is 12.1. The molecule has 0 radical (unpaired) electrons. The summed E-state index contributed by atoms with van der Waals surface area (Å²) in [5.41, 5.74) is 16.2. The van der Waals surface area contributed by atoms with E-state index in [9.17, 15) is 14.4 Å². The average molecular weight is 496 g/mol. The number of rotatable bonds is 5. The summed E-state index contributed by atoms with van der Waals surface area (Å²) in [6, 6.07) is 11.2. The van der Waals surface area contributed by atoms with Crippen LogP contribution in [0.4, 0.5) is 26.7 Å². The van der Waals surface area contributed by atoms with Crippen molar-refractivity contribution < 1.29 is 23.9 Å². The van der Waals surface area contributed by atoms with Gasteiger partial charge in [-0.15, -0.1) is 0 Å². The molecule has 10 nitrogen and oxygen atoms in total. The van der Waals surface area contributed by atoms with Gasteiger partial charge in [0.05, 0.1) is 18.5 Å². The minimum Gasteiger partial charge on any atom is -0.466 e. The van der Waals surface area contributed by atoms with E-state index in [1.165, 1.54) is 7.11 Å². The lowest BCUT2D eigenvalue weighted by molar-refractivity contribution is -0.151. The number of hydrogen-bond acceptors (Lipinski definition) is 7. The number of ether oxygens (including phenoxy) is 2. The number of nitrogens with one attached hydrogen (secondary N) is 1. The minimum atomic E-state index is -1.11. The maximum Gasteiger partial charge on any atom is 0.410 e. The molecule has 2 aromatic carbocycles. The van der Waals surface area contributed by atoms with Crippen molar-refractivity contribution in [3.8, 4) is 0 Å². The molecule has 0 saturated carbocycles. The minimum absolute atomic E-state index is 0.0143. The molecule has 2 aromatic rings. The predicted octanol–water partition coefficient (Wildman–Crippen LogP) is 2.93. The van der Waals surface area contributed by atoms with Gasteiger partial charge in [-0.05, 0) is 55.0 Å². The van der Waals surface area contributed by atoms with Gasteiger partial charge < -0.3 is 36.1 Å². The summed E-state index contributed by atoms with van der Waals surface area (Å²) in [5, 5.41) is 3.00. The maximum absolute atomic E-state index is 12.9. The van der Waals surface area contributed by atoms with Gasteiger partial charge in [0.1, 0.15) is 0 Å². The van der Waals surface area contributed by atoms with Crippen LogP contribution >= 0.6 is 0 Å². The highest BCUT2D eigenvalue weighted by Gasteiger charge is 2.33. The number of carbonyl (C=O) groups excluding carboxylic acids is 3. The van der Waals surface area contributed by atoms with Crippen molar-refractivity contribution in [1.29, 1.82) is 0 Å². The molecule has 1 unspecified atom stereocenters. The second-order valence-corrected chi connectivity index (χ2v) is 9.26. The van der Waals surface area contributed by atoms with E-state index in [2.05, 4.69) is 5.32 Å². The SMILES string of the molecule is COC(=O)C(Cc1cc(C)c(N)c(N)c1)OC(=O)N1CCC(N2CCc3ccccc3NC2=O)CC1. The highest BCUT2D eigenvalue weighted by Crippen LogP contribution is 2.26. The van der Waals surface area contributed by atoms with Gasteiger partial charge in [0.15, 0.2) is 0 Å². The molecule has 4 rings (SSSR count). The van der Waals surface area contributed by atoms with Gasteiger partial charge in [-0.25, -0.2) is 14.4 Å². The van der Waals surface area contributed by atoms with E-state index in [0.29, 0.717) is 49.4 Å². The first kappa shape index (κ1) is 25.2. The zero-order valence-corrected chi connectivity index (χ0v) is 20.7. The summed E-state index contributed by atoms with van der Waals surface area (Å²) in [6.45, 7) is 3.28. The molecule has 0 aliphatic carbocycles. The Morgan fingerprint density at radius 2 is 1.86 bits per heavy atom. The molecule has 192 valence electrons. The molecule has 1 fully saturated rings. The molecule has 0 spiro atoms. The van der Waals surface area contributed by atoms with Crippen LogP contribution in [0.15, 0.2) is 36.4 Å². The fraction of sp³-hybridized carbons (Fsp3) is 0.423. The van der Waals surface area contributed by atoms with Gasteiger partial charge in [0.25, 0.3) is 0 Å². The fourth-order valence-electron chi connectivity index (χ4n) is 4.83. The van der Waals surface area contributed by atoms with Crippen molar-refractivity contribution in [2.45, 2.75) is 44.8 Å². The second kappa shape index (κ2) is 10.8. The van der Waals surface area contributed by atoms with Crippen LogP contribution in [0.1, 0.15) is 29.5 Å². The van der Waals surface area contributed by atoms with E-state index < -0.39 is 18.2 Å². The number of nitrogens with zero attached hydrogens (tertiary/aromatic N) is 2. The molecule has 2 aliphatic heterocycles. The Kier molecular flexibility index (Phi) is 7.52. The summed E-state index contributed by atoms with van der Waals surface area (Å²) in [5.74, 6) is -0.646. The van der Waals surface area contributed by atoms with Crippen LogP contribution in [0.3, 0.4) is 0 Å². The van der Waals surface area contributed by atoms with Crippen molar-refractivity contribution in [1.82, 2.24) is 9.80 Å². The number of piperidine rings is 1. The Balaban J connectivity index is 1.35. The number of benzene rings is 2. The van der Waals surface area contributed by atoms with E-state index in [4.69, 9.17) is 20.9 Å². The van der Waals surface area contributed by atoms with E-state index in [-0.39, 0.29) is 18.5 Å². The number of methoxy groups -OCH3 is 1. The Morgan fingerprint density at radius 3 is 2.56 bits per heavy atom. The second-order valence-electron chi connectivity index (χ2n) is 9.26. The molecule has 2 aliphatic rings. The van der Waals surface area contributed by atoms with E-state index >= 15 is 0 Å². The monoisotopic (exact) mass is 495 g/mol. The number of fused-ring (bicyclic) bond motifs is 1. The van der Waals surface area contributed by atoms with Gasteiger partial charge in [-0.1, -0.05) is 24.3 Å². The fourth-order valence-corrected chi connectivity index (χ4v) is 4.83. The molecule has 2 heterocycles. The quantitative estimate of drug-likeness (QED) is 0.428. The van der Waals surface area contributed by atoms with Crippen molar-refractivity contribution >= 4 is 35.2 Å². The van der Waals surface area contributed by atoms with Crippen LogP contribution in [0.25, 0.3) is 0 Å². The van der Waals surface area contributed by atoms with Crippen LogP contribution < -0.4 is 16.8 Å². The standard InChI is InChI=1S/C26H33N5O5/c1-16-13-17(14-20(27)23(16)28)15-22(24(32)35-2)36-26(34)30-10-8-19(9-11-30)31-12-7-18-5-3-4-6-21(18)29-25(31)33/h3-6,13-14,19,22H,7-12,15,27-28H2,1-2H3,(H,29,33). The third-order valence-corrected chi connectivity index (χ3v) is 6.91. The van der Waals surface area contributed by atoms with E-state index in [0.717, 1.165) is 23.2 Å². The molecule has 5 N–H and O–H groups in total. The van der Waals surface area contributed by atoms with Gasteiger partial charge in [0.2, 0.25) is 6.10 Å². The number of hydrogen-bond donors (Lipinski definition) is 3. The molecular formula is C26H33N5O5. The lowest BCUT2D eigenvalue weighted by Gasteiger charge is -2.37. The third-order valence-electron chi connectivity index (χ3n) is 6.91. The first-order valence-corrected chi connectivity index (χ1v) is 12.1. The number of anilines is 3. The number of likely N-dealkylation sites (tertiary alicyclic amines) is 1. The third kappa shape index (κ3) is 5.48. The number of urea groups is 1. The van der Waals surface area contributed by atoms with Crippen molar-refractivity contribution in [2.75, 3.05) is 43.5 Å². The molecule has 0 bridgehead atoms. The summed E-state index contributed by atoms with van der Waals surface area (Å²) in [4.78, 5) is 41.5. The molecular weight excluding hydrogens is 462 g/mol. The zero-order valence-electron chi connectivity index (χ0n) is 20.7. The lowest BCUT2D eigenvalue weighted by atomic mass is 10.0. The number of aryl methyl sites for hydroxylation is 1. The summed E-state index contributed by atoms with van der Waals surface area (Å²) < 4.78 is 10.4. The Morgan fingerprint density at radius 1 is 1.14 bits per heavy atom. The highest BCUT2D eigenvalue weighted by molar-refractivity contribution is 5.91. The van der Waals surface area contributed by atoms with Crippen LogP contribution in [0, 0.1) is 6.92 Å². The predicted molar refractivity (Wildman–Crippen MR) is 136 cm³/mol. The molecule has 3 amide bonds. The van der Waals surface area contributed by atoms with Crippen molar-refractivity contribution in [3.05, 3.63) is 53.1 Å². The van der Waals surface area contributed by atoms with Crippen LogP contribution in [-0.2, 0) is 27.1 Å². The smallest absolute Gasteiger partial charge is 0.410 e. The normalized spacial score (nSPS) is 17.0. The van der Waals surface area contributed by atoms with Crippen LogP contribution in [-0.4, -0.2) is 66.8 Å². The van der Waals surface area contributed by atoms with Crippen molar-refractivity contribution in [3.63, 3.8) is 0 Å². The van der Waals surface area contributed by atoms with Gasteiger partial charge >= 0.3 is 18.1 Å². The van der Waals surface area contributed by atoms with Gasteiger partial charge in [-0.3, -0.25) is 0 Å². The topological polar surface area (TPSA) is 140 Å². The van der Waals surface area contributed by atoms with Gasteiger partial charge in [0, 0.05) is 37.8 Å². The molecule has 10 heteroatoms. The molecule has 36 heavy (non-hydrogen) atoms. The maximum atomic E-state index is 12.9. The van der Waals surface area contributed by atoms with Crippen LogP contribution in [0.5, 0.6) is 0 Å². The Bertz CT molecular complexity index is 1120. The highest BCUT2D eigenvalue weighted by atomic mass is 16.6. The number of nitrogen functional groups attached to an aromatic ring is 2.